The van der Waals surface area contributed by atoms with Crippen LogP contribution < -0.4 is 0 Å². The van der Waals surface area contributed by atoms with Crippen LogP contribution in [0.5, 0.6) is 0 Å². The van der Waals surface area contributed by atoms with Gasteiger partial charge in [0.15, 0.2) is 0 Å². The summed E-state index contributed by atoms with van der Waals surface area (Å²) in [7, 11) is 0. The highest BCUT2D eigenvalue weighted by molar-refractivity contribution is 5.09. The molecule has 4 rings (SSSR count). The van der Waals surface area contributed by atoms with Gasteiger partial charge in [0.2, 0.25) is 0 Å². The molecule has 0 aromatic carbocycles. The van der Waals surface area contributed by atoms with E-state index in [1.807, 2.05) is 0 Å². The Labute approximate surface area is 72.6 Å². The summed E-state index contributed by atoms with van der Waals surface area (Å²) in [6.07, 6.45) is 5.07. The number of hydrogen-bond donors (Lipinski definition) is 2. The van der Waals surface area contributed by atoms with Gasteiger partial charge in [0, 0.05) is 5.92 Å². The molecule has 0 radical (unpaired) electrons. The van der Waals surface area contributed by atoms with Gasteiger partial charge in [0.1, 0.15) is 0 Å². The number of hydrogen-bond acceptors (Lipinski definition) is 2. The van der Waals surface area contributed by atoms with E-state index in [1.165, 1.54) is 6.42 Å². The smallest absolute Gasteiger partial charge is 0.0705 e. The van der Waals surface area contributed by atoms with Gasteiger partial charge in [-0.25, -0.2) is 0 Å². The number of fused-ring (bicyclic) bond motifs is 1. The summed E-state index contributed by atoms with van der Waals surface area (Å²) in [5.41, 5.74) is -0.467. The monoisotopic (exact) mass is 168 g/mol. The molecule has 0 saturated heterocycles. The SMILES string of the molecule is O[C@@H]1C[C@H]2C[C@@H]3CC[C@](O)(C2)[C@@H]31. The molecular weight excluding hydrogens is 152 g/mol. The van der Waals surface area contributed by atoms with Gasteiger partial charge in [-0.1, -0.05) is 0 Å². The van der Waals surface area contributed by atoms with Crippen molar-refractivity contribution < 1.29 is 10.2 Å². The molecule has 4 aliphatic carbocycles. The van der Waals surface area contributed by atoms with Crippen LogP contribution in [0.2, 0.25) is 0 Å². The molecule has 0 aliphatic heterocycles. The van der Waals surface area contributed by atoms with Crippen molar-refractivity contribution in [1.29, 1.82) is 0 Å². The van der Waals surface area contributed by atoms with Crippen molar-refractivity contribution >= 4 is 0 Å². The maximum atomic E-state index is 10.2. The van der Waals surface area contributed by atoms with Crippen LogP contribution >= 0.6 is 0 Å². The Kier molecular flexibility index (Phi) is 1.25. The summed E-state index contributed by atoms with van der Waals surface area (Å²) >= 11 is 0. The van der Waals surface area contributed by atoms with Crippen LogP contribution in [0.15, 0.2) is 0 Å². The van der Waals surface area contributed by atoms with E-state index in [9.17, 15) is 10.2 Å². The Morgan fingerprint density at radius 3 is 2.67 bits per heavy atom. The summed E-state index contributed by atoms with van der Waals surface area (Å²) in [5.74, 6) is 1.47. The molecule has 0 heterocycles. The summed E-state index contributed by atoms with van der Waals surface area (Å²) in [6.45, 7) is 0. The second-order valence-corrected chi connectivity index (χ2v) is 5.04. The van der Waals surface area contributed by atoms with Crippen LogP contribution in [0, 0.1) is 17.8 Å². The van der Waals surface area contributed by atoms with E-state index in [1.54, 1.807) is 0 Å². The van der Waals surface area contributed by atoms with Crippen LogP contribution in [0.1, 0.15) is 32.1 Å². The van der Waals surface area contributed by atoms with Gasteiger partial charge in [-0.05, 0) is 43.9 Å². The predicted octanol–water partition coefficient (Wildman–Crippen LogP) is 0.918. The van der Waals surface area contributed by atoms with Crippen molar-refractivity contribution in [2.75, 3.05) is 0 Å². The normalized spacial score (nSPS) is 62.5. The van der Waals surface area contributed by atoms with Gasteiger partial charge in [-0.2, -0.15) is 0 Å². The summed E-state index contributed by atoms with van der Waals surface area (Å²) in [5, 5.41) is 20.0. The fourth-order valence-electron chi connectivity index (χ4n) is 4.07. The van der Waals surface area contributed by atoms with Crippen molar-refractivity contribution in [1.82, 2.24) is 0 Å². The van der Waals surface area contributed by atoms with Crippen LogP contribution in [0.4, 0.5) is 0 Å². The van der Waals surface area contributed by atoms with Crippen LogP contribution in [0.3, 0.4) is 0 Å². The van der Waals surface area contributed by atoms with E-state index in [0.717, 1.165) is 25.7 Å². The highest BCUT2D eigenvalue weighted by Crippen LogP contribution is 2.58. The zero-order chi connectivity index (χ0) is 8.34. The van der Waals surface area contributed by atoms with Gasteiger partial charge in [-0.3, -0.25) is 0 Å². The highest BCUT2D eigenvalue weighted by Gasteiger charge is 2.58. The fourth-order valence-corrected chi connectivity index (χ4v) is 4.07. The van der Waals surface area contributed by atoms with Gasteiger partial charge < -0.3 is 10.2 Å². The second-order valence-electron chi connectivity index (χ2n) is 5.04. The van der Waals surface area contributed by atoms with E-state index in [4.69, 9.17) is 0 Å². The molecule has 12 heavy (non-hydrogen) atoms. The maximum absolute atomic E-state index is 10.2. The summed E-state index contributed by atoms with van der Waals surface area (Å²) in [4.78, 5) is 0. The quantitative estimate of drug-likeness (QED) is 0.564. The first-order chi connectivity index (χ1) is 5.69. The molecule has 68 valence electrons. The topological polar surface area (TPSA) is 40.5 Å². The minimum atomic E-state index is -0.467. The molecule has 0 unspecified atom stereocenters. The first kappa shape index (κ1) is 7.34. The van der Waals surface area contributed by atoms with Crippen molar-refractivity contribution in [3.8, 4) is 0 Å². The van der Waals surface area contributed by atoms with Crippen molar-refractivity contribution in [2.45, 2.75) is 43.8 Å². The van der Waals surface area contributed by atoms with Crippen LogP contribution in [-0.4, -0.2) is 21.9 Å². The number of aliphatic hydroxyl groups excluding tert-OH is 1. The molecule has 0 amide bonds. The molecule has 5 atom stereocenters. The predicted molar refractivity (Wildman–Crippen MR) is 44.5 cm³/mol. The third-order valence-electron chi connectivity index (χ3n) is 4.34. The van der Waals surface area contributed by atoms with Gasteiger partial charge >= 0.3 is 0 Å². The number of aliphatic hydroxyl groups is 2. The molecule has 4 fully saturated rings. The van der Waals surface area contributed by atoms with E-state index in [-0.39, 0.29) is 12.0 Å². The minimum absolute atomic E-state index is 0.199. The molecule has 2 heteroatoms. The standard InChI is InChI=1S/C10H16O2/c11-8-4-6-3-7-1-2-10(12,5-6)9(7)8/h6-9,11-12H,1-5H2/t6-,7+,8-,9+,10+/m1/s1. The average molecular weight is 168 g/mol. The van der Waals surface area contributed by atoms with E-state index < -0.39 is 5.60 Å². The molecule has 4 aliphatic rings. The Hall–Kier alpha value is -0.0800. The third kappa shape index (κ3) is 0.728. The maximum Gasteiger partial charge on any atom is 0.0705 e. The Balaban J connectivity index is 2.01. The second kappa shape index (κ2) is 2.05. The molecule has 2 N–H and O–H groups in total. The van der Waals surface area contributed by atoms with Crippen LogP contribution in [0.25, 0.3) is 0 Å². The molecule has 4 bridgehead atoms. The Bertz CT molecular complexity index is 216. The highest BCUT2D eigenvalue weighted by atomic mass is 16.3. The molecule has 0 aromatic heterocycles. The van der Waals surface area contributed by atoms with Crippen molar-refractivity contribution in [3.05, 3.63) is 0 Å². The minimum Gasteiger partial charge on any atom is -0.393 e. The fraction of sp³-hybridized carbons (Fsp3) is 1.00. The first-order valence-corrected chi connectivity index (χ1v) is 5.09. The van der Waals surface area contributed by atoms with E-state index >= 15 is 0 Å². The van der Waals surface area contributed by atoms with Crippen molar-refractivity contribution in [3.63, 3.8) is 0 Å². The van der Waals surface area contributed by atoms with Gasteiger partial charge in [0.25, 0.3) is 0 Å². The number of rotatable bonds is 0. The lowest BCUT2D eigenvalue weighted by Crippen LogP contribution is -2.53. The molecule has 2 nitrogen and oxygen atoms in total. The van der Waals surface area contributed by atoms with Crippen molar-refractivity contribution in [2.24, 2.45) is 17.8 Å². The lowest BCUT2D eigenvalue weighted by atomic mass is 9.60. The van der Waals surface area contributed by atoms with E-state index in [0.29, 0.717) is 11.8 Å². The largest absolute Gasteiger partial charge is 0.393 e. The lowest BCUT2D eigenvalue weighted by molar-refractivity contribution is -0.145. The molecular formula is C10H16O2. The zero-order valence-corrected chi connectivity index (χ0v) is 7.24. The van der Waals surface area contributed by atoms with Gasteiger partial charge in [0.05, 0.1) is 11.7 Å². The molecule has 4 saturated carbocycles. The Morgan fingerprint density at radius 1 is 1.25 bits per heavy atom. The Morgan fingerprint density at radius 2 is 2.08 bits per heavy atom. The lowest BCUT2D eigenvalue weighted by Gasteiger charge is -2.49. The first-order valence-electron chi connectivity index (χ1n) is 5.09. The summed E-state index contributed by atoms with van der Waals surface area (Å²) in [6, 6.07) is 0. The van der Waals surface area contributed by atoms with E-state index in [2.05, 4.69) is 0 Å². The molecule has 0 spiro atoms. The zero-order valence-electron chi connectivity index (χ0n) is 7.24. The third-order valence-corrected chi connectivity index (χ3v) is 4.34. The molecule has 0 aromatic rings. The summed E-state index contributed by atoms with van der Waals surface area (Å²) < 4.78 is 0. The average Bonchev–Trinajstić information content (AvgIpc) is 2.22. The van der Waals surface area contributed by atoms with Gasteiger partial charge in [-0.15, -0.1) is 0 Å². The van der Waals surface area contributed by atoms with Crippen LogP contribution in [-0.2, 0) is 0 Å².